The zero-order valence-electron chi connectivity index (χ0n) is 11.3. The van der Waals surface area contributed by atoms with E-state index in [1.165, 1.54) is 7.05 Å². The van der Waals surface area contributed by atoms with Gasteiger partial charge in [-0.05, 0) is 19.9 Å². The number of carbonyl (C=O) groups excluding carboxylic acids is 1. The Balaban J connectivity index is 4.42. The van der Waals surface area contributed by atoms with Gasteiger partial charge in [0.25, 0.3) is 0 Å². The quantitative estimate of drug-likeness (QED) is 0.479. The molecule has 0 spiro atoms. The van der Waals surface area contributed by atoms with Crippen LogP contribution in [0.15, 0.2) is 0 Å². The molecule has 0 aromatic heterocycles. The Hall–Kier alpha value is -1.35. The SMILES string of the molecule is CCC(CC)(NC(=O)NCCS(=O)(=O)NC)C(=O)O. The Bertz CT molecular complexity index is 417. The van der Waals surface area contributed by atoms with Crippen LogP contribution in [0.4, 0.5) is 4.79 Å². The molecule has 0 radical (unpaired) electrons. The lowest BCUT2D eigenvalue weighted by molar-refractivity contribution is -0.144. The van der Waals surface area contributed by atoms with Gasteiger partial charge in [-0.2, -0.15) is 0 Å². The van der Waals surface area contributed by atoms with Crippen LogP contribution in [0.3, 0.4) is 0 Å². The molecule has 0 aromatic carbocycles. The Kier molecular flexibility index (Phi) is 6.77. The number of carboxylic acids is 1. The summed E-state index contributed by atoms with van der Waals surface area (Å²) in [4.78, 5) is 22.7. The third-order valence-electron chi connectivity index (χ3n) is 2.94. The topological polar surface area (TPSA) is 125 Å². The molecule has 9 heteroatoms. The number of hydrogen-bond donors (Lipinski definition) is 4. The zero-order chi connectivity index (χ0) is 15.1. The van der Waals surface area contributed by atoms with Crippen LogP contribution < -0.4 is 15.4 Å². The highest BCUT2D eigenvalue weighted by atomic mass is 32.2. The first-order valence-corrected chi connectivity index (χ1v) is 7.59. The van der Waals surface area contributed by atoms with Crippen LogP contribution in [0.25, 0.3) is 0 Å². The van der Waals surface area contributed by atoms with Gasteiger partial charge in [-0.25, -0.2) is 22.7 Å². The van der Waals surface area contributed by atoms with Gasteiger partial charge < -0.3 is 15.7 Å². The summed E-state index contributed by atoms with van der Waals surface area (Å²) < 4.78 is 24.3. The van der Waals surface area contributed by atoms with Crippen LogP contribution in [0, 0.1) is 0 Å². The minimum Gasteiger partial charge on any atom is -0.480 e. The zero-order valence-corrected chi connectivity index (χ0v) is 12.1. The van der Waals surface area contributed by atoms with E-state index in [9.17, 15) is 18.0 Å². The number of aliphatic carboxylic acids is 1. The van der Waals surface area contributed by atoms with E-state index < -0.39 is 27.6 Å². The maximum atomic E-state index is 11.6. The molecule has 0 rings (SSSR count). The van der Waals surface area contributed by atoms with E-state index in [1.807, 2.05) is 0 Å². The highest BCUT2D eigenvalue weighted by molar-refractivity contribution is 7.89. The van der Waals surface area contributed by atoms with Crippen molar-refractivity contribution in [3.05, 3.63) is 0 Å². The number of sulfonamides is 1. The molecule has 0 heterocycles. The summed E-state index contributed by atoms with van der Waals surface area (Å²) in [7, 11) is -2.12. The second kappa shape index (κ2) is 7.29. The lowest BCUT2D eigenvalue weighted by Crippen LogP contribution is -2.56. The normalized spacial score (nSPS) is 11.9. The Morgan fingerprint density at radius 3 is 2.11 bits per heavy atom. The Labute approximate surface area is 113 Å². The molecule has 0 saturated carbocycles. The molecule has 0 bridgehead atoms. The predicted molar refractivity (Wildman–Crippen MR) is 70.3 cm³/mol. The Morgan fingerprint density at radius 1 is 1.21 bits per heavy atom. The molecule has 4 N–H and O–H groups in total. The van der Waals surface area contributed by atoms with Gasteiger partial charge >= 0.3 is 12.0 Å². The van der Waals surface area contributed by atoms with Crippen molar-refractivity contribution in [3.8, 4) is 0 Å². The molecule has 112 valence electrons. The van der Waals surface area contributed by atoms with Crippen molar-refractivity contribution in [1.82, 2.24) is 15.4 Å². The van der Waals surface area contributed by atoms with Crippen LogP contribution in [0.2, 0.25) is 0 Å². The van der Waals surface area contributed by atoms with Crippen molar-refractivity contribution in [1.29, 1.82) is 0 Å². The minimum atomic E-state index is -3.40. The molecule has 0 aliphatic heterocycles. The Morgan fingerprint density at radius 2 is 1.74 bits per heavy atom. The van der Waals surface area contributed by atoms with Gasteiger partial charge in [0.2, 0.25) is 10.0 Å². The van der Waals surface area contributed by atoms with Crippen molar-refractivity contribution < 1.29 is 23.1 Å². The molecule has 0 unspecified atom stereocenters. The molecular weight excluding hydrogens is 274 g/mol. The maximum absolute atomic E-state index is 11.6. The van der Waals surface area contributed by atoms with Crippen LogP contribution in [0.5, 0.6) is 0 Å². The molecule has 19 heavy (non-hydrogen) atoms. The lowest BCUT2D eigenvalue weighted by Gasteiger charge is -2.28. The maximum Gasteiger partial charge on any atom is 0.329 e. The number of hydrogen-bond acceptors (Lipinski definition) is 4. The van der Waals surface area contributed by atoms with Gasteiger partial charge in [-0.15, -0.1) is 0 Å². The van der Waals surface area contributed by atoms with Crippen LogP contribution in [-0.2, 0) is 14.8 Å². The van der Waals surface area contributed by atoms with Crippen LogP contribution >= 0.6 is 0 Å². The van der Waals surface area contributed by atoms with Crippen molar-refractivity contribution in [2.75, 3.05) is 19.3 Å². The summed E-state index contributed by atoms with van der Waals surface area (Å²) in [5.74, 6) is -1.38. The number of amides is 2. The second-order valence-electron chi connectivity index (χ2n) is 4.00. The van der Waals surface area contributed by atoms with Gasteiger partial charge in [-0.1, -0.05) is 13.8 Å². The first kappa shape index (κ1) is 17.6. The van der Waals surface area contributed by atoms with Crippen LogP contribution in [0.1, 0.15) is 26.7 Å². The van der Waals surface area contributed by atoms with Gasteiger partial charge in [-0.3, -0.25) is 0 Å². The smallest absolute Gasteiger partial charge is 0.329 e. The first-order valence-electron chi connectivity index (χ1n) is 5.93. The monoisotopic (exact) mass is 295 g/mol. The van der Waals surface area contributed by atoms with Crippen LogP contribution in [-0.4, -0.2) is 50.4 Å². The summed E-state index contributed by atoms with van der Waals surface area (Å²) in [6.45, 7) is 3.21. The largest absolute Gasteiger partial charge is 0.480 e. The second-order valence-corrected chi connectivity index (χ2v) is 6.04. The summed E-state index contributed by atoms with van der Waals surface area (Å²) in [5.41, 5.74) is -1.33. The fraction of sp³-hybridized carbons (Fsp3) is 0.800. The first-order chi connectivity index (χ1) is 8.73. The summed E-state index contributed by atoms with van der Waals surface area (Å²) in [6, 6.07) is -0.697. The standard InChI is InChI=1S/C10H21N3O5S/c1-4-10(5-2,8(14)15)13-9(16)12-6-7-19(17,18)11-3/h11H,4-7H2,1-3H3,(H,14,15)(H2,12,13,16). The molecule has 0 fully saturated rings. The highest BCUT2D eigenvalue weighted by Gasteiger charge is 2.36. The third-order valence-corrected chi connectivity index (χ3v) is 4.30. The van der Waals surface area contributed by atoms with E-state index in [1.54, 1.807) is 13.8 Å². The lowest BCUT2D eigenvalue weighted by atomic mass is 9.93. The number of urea groups is 1. The van der Waals surface area contributed by atoms with Crippen molar-refractivity contribution in [2.45, 2.75) is 32.2 Å². The summed E-state index contributed by atoms with van der Waals surface area (Å²) >= 11 is 0. The number of rotatable bonds is 8. The van der Waals surface area contributed by atoms with E-state index in [2.05, 4.69) is 15.4 Å². The van der Waals surface area contributed by atoms with E-state index in [0.29, 0.717) is 0 Å². The average molecular weight is 295 g/mol. The number of carboxylic acid groups (broad SMARTS) is 1. The molecule has 2 amide bonds. The molecule has 0 aliphatic rings. The van der Waals surface area contributed by atoms with Gasteiger partial charge in [0.15, 0.2) is 0 Å². The molecule has 0 aromatic rings. The summed E-state index contributed by atoms with van der Waals surface area (Å²) in [5, 5.41) is 13.8. The molecule has 0 atom stereocenters. The summed E-state index contributed by atoms with van der Waals surface area (Å²) in [6.07, 6.45) is 0.474. The molecule has 0 saturated heterocycles. The molecule has 0 aliphatic carbocycles. The van der Waals surface area contributed by atoms with Gasteiger partial charge in [0, 0.05) is 6.54 Å². The number of nitrogens with one attached hydrogen (secondary N) is 3. The van der Waals surface area contributed by atoms with Crippen molar-refractivity contribution in [3.63, 3.8) is 0 Å². The third kappa shape index (κ3) is 5.43. The minimum absolute atomic E-state index is 0.0991. The van der Waals surface area contributed by atoms with Crippen molar-refractivity contribution in [2.24, 2.45) is 0 Å². The molecular formula is C10H21N3O5S. The van der Waals surface area contributed by atoms with E-state index in [4.69, 9.17) is 5.11 Å². The fourth-order valence-corrected chi connectivity index (χ4v) is 2.02. The average Bonchev–Trinajstić information content (AvgIpc) is 2.35. The fourth-order valence-electron chi connectivity index (χ4n) is 1.45. The molecule has 8 nitrogen and oxygen atoms in total. The van der Waals surface area contributed by atoms with E-state index in [0.717, 1.165) is 0 Å². The van der Waals surface area contributed by atoms with E-state index >= 15 is 0 Å². The van der Waals surface area contributed by atoms with Crippen molar-refractivity contribution >= 4 is 22.0 Å². The highest BCUT2D eigenvalue weighted by Crippen LogP contribution is 2.14. The number of carbonyl (C=O) groups is 2. The predicted octanol–water partition coefficient (Wildman–Crippen LogP) is -0.522. The van der Waals surface area contributed by atoms with Gasteiger partial charge in [0.05, 0.1) is 5.75 Å². The van der Waals surface area contributed by atoms with Gasteiger partial charge in [0.1, 0.15) is 5.54 Å². The van der Waals surface area contributed by atoms with E-state index in [-0.39, 0.29) is 25.1 Å².